The maximum absolute atomic E-state index is 5.47. The van der Waals surface area contributed by atoms with Crippen molar-refractivity contribution in [1.82, 2.24) is 24.6 Å². The average molecular weight is 315 g/mol. The lowest BCUT2D eigenvalue weighted by atomic mass is 10.2. The maximum Gasteiger partial charge on any atom is 0.148 e. The summed E-state index contributed by atoms with van der Waals surface area (Å²) >= 11 is 0. The molecule has 1 aliphatic rings. The lowest BCUT2D eigenvalue weighted by Gasteiger charge is -2.20. The van der Waals surface area contributed by atoms with Crippen LogP contribution in [0.4, 0.5) is 0 Å². The molecule has 0 radical (unpaired) electrons. The minimum absolute atomic E-state index is 0.624. The molecule has 23 heavy (non-hydrogen) atoms. The molecule has 1 unspecified atom stereocenters. The summed E-state index contributed by atoms with van der Waals surface area (Å²) in [6, 6.07) is 8.56. The van der Waals surface area contributed by atoms with E-state index in [0.29, 0.717) is 6.04 Å². The first kappa shape index (κ1) is 16.0. The molecule has 1 fully saturated rings. The van der Waals surface area contributed by atoms with E-state index >= 15 is 0 Å². The fourth-order valence-corrected chi connectivity index (χ4v) is 3.14. The summed E-state index contributed by atoms with van der Waals surface area (Å²) in [6.45, 7) is 4.91. The normalized spacial score (nSPS) is 18.7. The highest BCUT2D eigenvalue weighted by molar-refractivity contribution is 5.46. The number of ether oxygens (including phenoxy) is 1. The van der Waals surface area contributed by atoms with E-state index in [1.54, 1.807) is 7.11 Å². The molecule has 1 aromatic heterocycles. The number of benzene rings is 1. The monoisotopic (exact) mass is 315 g/mol. The number of aromatic nitrogens is 3. The molecule has 0 spiro atoms. The summed E-state index contributed by atoms with van der Waals surface area (Å²) in [4.78, 5) is 9.38. The topological polar surface area (TPSA) is 46.4 Å². The standard InChI is InChI=1S/C17H25N5O/c1-13-18-17(12-21-10-9-14(11-21)20(2)3)22(19-13)15-7-5-6-8-16(15)23-4/h5-8,14H,9-12H2,1-4H3. The summed E-state index contributed by atoms with van der Waals surface area (Å²) < 4.78 is 7.39. The third-order valence-corrected chi connectivity index (χ3v) is 4.44. The van der Waals surface area contributed by atoms with Crippen molar-refractivity contribution < 1.29 is 4.74 Å². The number of hydrogen-bond acceptors (Lipinski definition) is 5. The van der Waals surface area contributed by atoms with Crippen molar-refractivity contribution in [2.24, 2.45) is 0 Å². The smallest absolute Gasteiger partial charge is 0.148 e. The third-order valence-electron chi connectivity index (χ3n) is 4.44. The van der Waals surface area contributed by atoms with Gasteiger partial charge in [-0.2, -0.15) is 5.10 Å². The number of hydrogen-bond donors (Lipinski definition) is 0. The molecular formula is C17H25N5O. The molecule has 124 valence electrons. The quantitative estimate of drug-likeness (QED) is 0.841. The first-order valence-electron chi connectivity index (χ1n) is 8.03. The van der Waals surface area contributed by atoms with Crippen molar-refractivity contribution in [2.45, 2.75) is 25.9 Å². The first-order valence-corrected chi connectivity index (χ1v) is 8.03. The molecule has 0 saturated carbocycles. The molecule has 1 atom stereocenters. The second kappa shape index (κ2) is 6.68. The zero-order valence-corrected chi connectivity index (χ0v) is 14.4. The Labute approximate surface area is 137 Å². The Balaban J connectivity index is 1.84. The number of likely N-dealkylation sites (N-methyl/N-ethyl adjacent to an activating group) is 1. The van der Waals surface area contributed by atoms with Gasteiger partial charge in [0.25, 0.3) is 0 Å². The highest BCUT2D eigenvalue weighted by atomic mass is 16.5. The van der Waals surface area contributed by atoms with E-state index in [4.69, 9.17) is 4.74 Å². The van der Waals surface area contributed by atoms with Gasteiger partial charge in [0, 0.05) is 19.1 Å². The molecule has 0 N–H and O–H groups in total. The van der Waals surface area contributed by atoms with Crippen LogP contribution in [0, 0.1) is 6.92 Å². The van der Waals surface area contributed by atoms with Crippen molar-refractivity contribution in [3.8, 4) is 11.4 Å². The van der Waals surface area contributed by atoms with Crippen LogP contribution in [0.25, 0.3) is 5.69 Å². The summed E-state index contributed by atoms with van der Waals surface area (Å²) in [6.07, 6.45) is 1.20. The highest BCUT2D eigenvalue weighted by Gasteiger charge is 2.25. The van der Waals surface area contributed by atoms with Gasteiger partial charge in [0.2, 0.25) is 0 Å². The Kier molecular flexibility index (Phi) is 4.63. The van der Waals surface area contributed by atoms with Gasteiger partial charge in [-0.25, -0.2) is 9.67 Å². The van der Waals surface area contributed by atoms with Crippen molar-refractivity contribution >= 4 is 0 Å². The van der Waals surface area contributed by atoms with Gasteiger partial charge in [0.15, 0.2) is 0 Å². The van der Waals surface area contributed by atoms with Gasteiger partial charge in [0.05, 0.1) is 13.7 Å². The van der Waals surface area contributed by atoms with Crippen LogP contribution in [0.1, 0.15) is 18.1 Å². The maximum atomic E-state index is 5.47. The van der Waals surface area contributed by atoms with Crippen LogP contribution in [0.2, 0.25) is 0 Å². The Morgan fingerprint density at radius 3 is 2.78 bits per heavy atom. The van der Waals surface area contributed by atoms with Crippen LogP contribution in [0.5, 0.6) is 5.75 Å². The van der Waals surface area contributed by atoms with Crippen molar-refractivity contribution in [3.05, 3.63) is 35.9 Å². The zero-order valence-electron chi connectivity index (χ0n) is 14.4. The van der Waals surface area contributed by atoms with Gasteiger partial charge in [-0.1, -0.05) is 12.1 Å². The van der Waals surface area contributed by atoms with Crippen molar-refractivity contribution in [2.75, 3.05) is 34.3 Å². The number of likely N-dealkylation sites (tertiary alicyclic amines) is 1. The van der Waals surface area contributed by atoms with E-state index in [2.05, 4.69) is 34.0 Å². The van der Waals surface area contributed by atoms with E-state index in [0.717, 1.165) is 42.7 Å². The molecule has 2 heterocycles. The van der Waals surface area contributed by atoms with Gasteiger partial charge < -0.3 is 9.64 Å². The van der Waals surface area contributed by atoms with Gasteiger partial charge in [0.1, 0.15) is 23.1 Å². The molecule has 6 nitrogen and oxygen atoms in total. The van der Waals surface area contributed by atoms with Crippen LogP contribution in [-0.2, 0) is 6.54 Å². The van der Waals surface area contributed by atoms with Crippen LogP contribution >= 0.6 is 0 Å². The molecule has 2 aromatic rings. The number of para-hydroxylation sites is 2. The van der Waals surface area contributed by atoms with Crippen molar-refractivity contribution in [3.63, 3.8) is 0 Å². The summed E-state index contributed by atoms with van der Waals surface area (Å²) in [5, 5.41) is 4.57. The number of aryl methyl sites for hydroxylation is 1. The van der Waals surface area contributed by atoms with Gasteiger partial charge in [-0.15, -0.1) is 0 Å². The minimum Gasteiger partial charge on any atom is -0.494 e. The molecule has 3 rings (SSSR count). The Hall–Kier alpha value is -1.92. The Morgan fingerprint density at radius 2 is 2.09 bits per heavy atom. The molecule has 1 aromatic carbocycles. The molecule has 6 heteroatoms. The lowest BCUT2D eigenvalue weighted by molar-refractivity contribution is 0.260. The molecule has 1 saturated heterocycles. The second-order valence-corrected chi connectivity index (χ2v) is 6.30. The van der Waals surface area contributed by atoms with Crippen LogP contribution < -0.4 is 4.74 Å². The third kappa shape index (κ3) is 3.38. The Morgan fingerprint density at radius 1 is 1.30 bits per heavy atom. The van der Waals surface area contributed by atoms with E-state index in [1.165, 1.54) is 6.42 Å². The predicted octanol–water partition coefficient (Wildman–Crippen LogP) is 1.72. The van der Waals surface area contributed by atoms with Crippen LogP contribution in [-0.4, -0.2) is 64.9 Å². The fourth-order valence-electron chi connectivity index (χ4n) is 3.14. The second-order valence-electron chi connectivity index (χ2n) is 6.30. The predicted molar refractivity (Wildman–Crippen MR) is 90.0 cm³/mol. The Bertz CT molecular complexity index is 667. The number of rotatable bonds is 5. The molecule has 0 bridgehead atoms. The molecule has 1 aliphatic heterocycles. The first-order chi connectivity index (χ1) is 11.1. The molecule has 0 aliphatic carbocycles. The summed E-state index contributed by atoms with van der Waals surface area (Å²) in [7, 11) is 5.98. The van der Waals surface area contributed by atoms with Crippen LogP contribution in [0.3, 0.4) is 0 Å². The largest absolute Gasteiger partial charge is 0.494 e. The zero-order chi connectivity index (χ0) is 16.4. The SMILES string of the molecule is COc1ccccc1-n1nc(C)nc1CN1CCC(N(C)C)C1. The minimum atomic E-state index is 0.624. The van der Waals surface area contributed by atoms with E-state index in [1.807, 2.05) is 35.9 Å². The molecule has 0 amide bonds. The van der Waals surface area contributed by atoms with Crippen LogP contribution in [0.15, 0.2) is 24.3 Å². The van der Waals surface area contributed by atoms with Gasteiger partial charge in [-0.3, -0.25) is 4.90 Å². The fraction of sp³-hybridized carbons (Fsp3) is 0.529. The average Bonchev–Trinajstić information content (AvgIpc) is 3.14. The lowest BCUT2D eigenvalue weighted by Crippen LogP contribution is -2.31. The summed E-state index contributed by atoms with van der Waals surface area (Å²) in [5.74, 6) is 2.56. The molecular weight excluding hydrogens is 290 g/mol. The van der Waals surface area contributed by atoms with E-state index in [9.17, 15) is 0 Å². The van der Waals surface area contributed by atoms with E-state index < -0.39 is 0 Å². The van der Waals surface area contributed by atoms with E-state index in [-0.39, 0.29) is 0 Å². The van der Waals surface area contributed by atoms with Gasteiger partial charge in [-0.05, 0) is 39.6 Å². The number of nitrogens with zero attached hydrogens (tertiary/aromatic N) is 5. The van der Waals surface area contributed by atoms with Crippen molar-refractivity contribution in [1.29, 1.82) is 0 Å². The summed E-state index contributed by atoms with van der Waals surface area (Å²) in [5.41, 5.74) is 0.939. The number of methoxy groups -OCH3 is 1. The highest BCUT2D eigenvalue weighted by Crippen LogP contribution is 2.24. The van der Waals surface area contributed by atoms with Gasteiger partial charge >= 0.3 is 0 Å².